The predicted octanol–water partition coefficient (Wildman–Crippen LogP) is 3.57. The molecule has 106 valence electrons. The van der Waals surface area contributed by atoms with E-state index in [1.54, 1.807) is 12.1 Å². The molecule has 1 saturated carbocycles. The van der Waals surface area contributed by atoms with Crippen molar-refractivity contribution in [1.29, 1.82) is 0 Å². The van der Waals surface area contributed by atoms with Gasteiger partial charge >= 0.3 is 5.97 Å². The summed E-state index contributed by atoms with van der Waals surface area (Å²) in [6, 6.07) is 5.19. The van der Waals surface area contributed by atoms with Gasteiger partial charge in [-0.3, -0.25) is 0 Å². The molecule has 0 saturated heterocycles. The number of aromatic carboxylic acids is 1. The molecule has 0 unspecified atom stereocenters. The van der Waals surface area contributed by atoms with Crippen LogP contribution in [0.5, 0.6) is 0 Å². The van der Waals surface area contributed by atoms with Crippen molar-refractivity contribution in [2.45, 2.75) is 38.5 Å². The highest BCUT2D eigenvalue weighted by Crippen LogP contribution is 2.36. The molecule has 1 fully saturated rings. The number of hydrogen-bond donors (Lipinski definition) is 1. The molecule has 1 aliphatic rings. The molecular weight excluding hydrogens is 252 g/mol. The van der Waals surface area contributed by atoms with Crippen LogP contribution in [0.1, 0.15) is 54.7 Å². The van der Waals surface area contributed by atoms with Crippen LogP contribution in [0.3, 0.4) is 0 Å². The van der Waals surface area contributed by atoms with Crippen molar-refractivity contribution in [3.05, 3.63) is 29.6 Å². The minimum absolute atomic E-state index is 0.305. The van der Waals surface area contributed by atoms with E-state index in [2.05, 4.69) is 11.5 Å². The lowest BCUT2D eigenvalue weighted by molar-refractivity contribution is 0.0697. The first-order valence-corrected chi connectivity index (χ1v) is 7.26. The first kappa shape index (κ1) is 13.2. The second kappa shape index (κ2) is 4.93. The third-order valence-corrected chi connectivity index (χ3v) is 4.54. The molecule has 2 aromatic rings. The number of benzene rings is 1. The number of carboxylic acid groups (broad SMARTS) is 1. The minimum Gasteiger partial charge on any atom is -0.478 e. The van der Waals surface area contributed by atoms with Crippen molar-refractivity contribution < 1.29 is 9.90 Å². The van der Waals surface area contributed by atoms with Crippen LogP contribution in [0.4, 0.5) is 0 Å². The molecule has 0 amide bonds. The highest BCUT2D eigenvalue weighted by molar-refractivity contribution is 5.92. The topological polar surface area (TPSA) is 55.1 Å². The summed E-state index contributed by atoms with van der Waals surface area (Å²) in [5.41, 5.74) is 2.11. The van der Waals surface area contributed by atoms with Crippen molar-refractivity contribution in [3.8, 4) is 0 Å². The molecule has 0 aliphatic heterocycles. The summed E-state index contributed by atoms with van der Waals surface area (Å²) in [5.74, 6) is 1.54. The Bertz CT molecular complexity index is 652. The van der Waals surface area contributed by atoms with E-state index in [1.165, 1.54) is 25.7 Å². The van der Waals surface area contributed by atoms with Crippen molar-refractivity contribution in [3.63, 3.8) is 0 Å². The van der Waals surface area contributed by atoms with E-state index in [0.29, 0.717) is 11.5 Å². The van der Waals surface area contributed by atoms with Gasteiger partial charge in [-0.15, -0.1) is 0 Å². The number of hydrogen-bond acceptors (Lipinski definition) is 2. The molecule has 1 N–H and O–H groups in total. The van der Waals surface area contributed by atoms with Gasteiger partial charge in [0.05, 0.1) is 16.6 Å². The lowest BCUT2D eigenvalue weighted by Gasteiger charge is -2.25. The molecule has 1 heterocycles. The number of carboxylic acids is 1. The molecule has 20 heavy (non-hydrogen) atoms. The van der Waals surface area contributed by atoms with Gasteiger partial charge in [0.2, 0.25) is 0 Å². The molecule has 0 bridgehead atoms. The van der Waals surface area contributed by atoms with E-state index in [4.69, 9.17) is 10.1 Å². The summed E-state index contributed by atoms with van der Waals surface area (Å²) in [6.07, 6.45) is 4.89. The van der Waals surface area contributed by atoms with Crippen LogP contribution in [0.2, 0.25) is 0 Å². The normalized spacial score (nSPS) is 23.1. The zero-order chi connectivity index (χ0) is 14.3. The maximum Gasteiger partial charge on any atom is 0.335 e. The van der Waals surface area contributed by atoms with E-state index in [9.17, 15) is 4.79 Å². The van der Waals surface area contributed by atoms with E-state index < -0.39 is 5.97 Å². The Hall–Kier alpha value is -1.84. The average molecular weight is 272 g/mol. The molecule has 0 atom stereocenters. The summed E-state index contributed by atoms with van der Waals surface area (Å²) in [4.78, 5) is 15.7. The Labute approximate surface area is 118 Å². The van der Waals surface area contributed by atoms with Crippen molar-refractivity contribution >= 4 is 17.0 Å². The van der Waals surface area contributed by atoms with E-state index in [-0.39, 0.29) is 0 Å². The average Bonchev–Trinajstić information content (AvgIpc) is 2.76. The van der Waals surface area contributed by atoms with Gasteiger partial charge < -0.3 is 9.67 Å². The Balaban J connectivity index is 1.99. The lowest BCUT2D eigenvalue weighted by Crippen LogP contribution is -2.14. The summed E-state index contributed by atoms with van der Waals surface area (Å²) in [6.45, 7) is 2.31. The molecule has 4 nitrogen and oxygen atoms in total. The summed E-state index contributed by atoms with van der Waals surface area (Å²) in [7, 11) is 2.03. The van der Waals surface area contributed by atoms with E-state index in [1.807, 2.05) is 13.1 Å². The monoisotopic (exact) mass is 272 g/mol. The molecule has 4 heteroatoms. The summed E-state index contributed by atoms with van der Waals surface area (Å²) < 4.78 is 2.13. The Kier molecular flexibility index (Phi) is 3.24. The molecule has 0 radical (unpaired) electrons. The number of fused-ring (bicyclic) bond motifs is 1. The van der Waals surface area contributed by atoms with Crippen LogP contribution in [0.15, 0.2) is 18.2 Å². The fourth-order valence-electron chi connectivity index (χ4n) is 3.23. The zero-order valence-electron chi connectivity index (χ0n) is 12.0. The van der Waals surface area contributed by atoms with Crippen molar-refractivity contribution in [2.24, 2.45) is 13.0 Å². The van der Waals surface area contributed by atoms with Crippen LogP contribution in [0, 0.1) is 5.92 Å². The number of nitrogens with zero attached hydrogens (tertiary/aromatic N) is 2. The van der Waals surface area contributed by atoms with Crippen LogP contribution in [0.25, 0.3) is 11.0 Å². The van der Waals surface area contributed by atoms with E-state index in [0.717, 1.165) is 22.8 Å². The van der Waals surface area contributed by atoms with Crippen LogP contribution in [-0.4, -0.2) is 20.6 Å². The number of rotatable bonds is 2. The van der Waals surface area contributed by atoms with Gasteiger partial charge in [0, 0.05) is 13.0 Å². The lowest BCUT2D eigenvalue weighted by atomic mass is 9.82. The van der Waals surface area contributed by atoms with Gasteiger partial charge in [-0.1, -0.05) is 19.8 Å². The minimum atomic E-state index is -0.898. The van der Waals surface area contributed by atoms with Gasteiger partial charge in [-0.25, -0.2) is 9.78 Å². The quantitative estimate of drug-likeness (QED) is 0.909. The van der Waals surface area contributed by atoms with E-state index >= 15 is 0 Å². The predicted molar refractivity (Wildman–Crippen MR) is 78.0 cm³/mol. The maximum atomic E-state index is 11.0. The second-order valence-corrected chi connectivity index (χ2v) is 5.99. The van der Waals surface area contributed by atoms with Crippen LogP contribution in [-0.2, 0) is 7.05 Å². The van der Waals surface area contributed by atoms with Gasteiger partial charge in [-0.05, 0) is 37.0 Å². The Morgan fingerprint density at radius 3 is 2.65 bits per heavy atom. The SMILES string of the molecule is CC1CCC(c2nc3cc(C(=O)O)ccc3n2C)CC1. The molecular formula is C16H20N2O2. The number of aryl methyl sites for hydroxylation is 1. The third kappa shape index (κ3) is 2.19. The van der Waals surface area contributed by atoms with Gasteiger partial charge in [-0.2, -0.15) is 0 Å². The molecule has 0 spiro atoms. The smallest absolute Gasteiger partial charge is 0.335 e. The van der Waals surface area contributed by atoms with Crippen molar-refractivity contribution in [1.82, 2.24) is 9.55 Å². The number of imidazole rings is 1. The number of aromatic nitrogens is 2. The highest BCUT2D eigenvalue weighted by Gasteiger charge is 2.24. The summed E-state index contributed by atoms with van der Waals surface area (Å²) in [5, 5.41) is 9.06. The van der Waals surface area contributed by atoms with Crippen molar-refractivity contribution in [2.75, 3.05) is 0 Å². The molecule has 1 aromatic heterocycles. The Morgan fingerprint density at radius 2 is 2.00 bits per heavy atom. The Morgan fingerprint density at radius 1 is 1.30 bits per heavy atom. The summed E-state index contributed by atoms with van der Waals surface area (Å²) >= 11 is 0. The fourth-order valence-corrected chi connectivity index (χ4v) is 3.23. The van der Waals surface area contributed by atoms with Gasteiger partial charge in [0.25, 0.3) is 0 Å². The zero-order valence-corrected chi connectivity index (χ0v) is 12.0. The fraction of sp³-hybridized carbons (Fsp3) is 0.500. The van der Waals surface area contributed by atoms with Gasteiger partial charge in [0.1, 0.15) is 5.82 Å². The van der Waals surface area contributed by atoms with Crippen LogP contribution < -0.4 is 0 Å². The standard InChI is InChI=1S/C16H20N2O2/c1-10-3-5-11(6-4-10)15-17-13-9-12(16(19)20)7-8-14(13)18(15)2/h7-11H,3-6H2,1-2H3,(H,19,20). The third-order valence-electron chi connectivity index (χ3n) is 4.54. The number of carbonyl (C=O) groups is 1. The largest absolute Gasteiger partial charge is 0.478 e. The van der Waals surface area contributed by atoms with Gasteiger partial charge in [0.15, 0.2) is 0 Å². The maximum absolute atomic E-state index is 11.0. The molecule has 3 rings (SSSR count). The second-order valence-electron chi connectivity index (χ2n) is 5.99. The molecule has 1 aliphatic carbocycles. The molecule has 1 aromatic carbocycles. The highest BCUT2D eigenvalue weighted by atomic mass is 16.4. The first-order valence-electron chi connectivity index (χ1n) is 7.26. The van der Waals surface area contributed by atoms with Crippen LogP contribution >= 0.6 is 0 Å². The first-order chi connectivity index (χ1) is 9.56.